The number of nitrogens with one attached hydrogen (secondary N) is 1. The van der Waals surface area contributed by atoms with Crippen molar-refractivity contribution in [3.05, 3.63) is 64.9 Å². The number of rotatable bonds is 11. The second kappa shape index (κ2) is 10.0. The number of nitrogens with zero attached hydrogens (tertiary/aromatic N) is 2. The Bertz CT molecular complexity index is 1570. The van der Waals surface area contributed by atoms with Crippen LogP contribution in [0.4, 0.5) is 17.6 Å². The van der Waals surface area contributed by atoms with E-state index in [-0.39, 0.29) is 54.4 Å². The molecule has 43 heavy (non-hydrogen) atoms. The maximum atomic E-state index is 14.3. The van der Waals surface area contributed by atoms with Gasteiger partial charge >= 0.3 is 6.18 Å². The summed E-state index contributed by atoms with van der Waals surface area (Å²) < 4.78 is 83.5. The van der Waals surface area contributed by atoms with Crippen LogP contribution in [0, 0.1) is 16.6 Å². The van der Waals surface area contributed by atoms with E-state index in [0.717, 1.165) is 0 Å². The number of hydrogen-bond donors (Lipinski definition) is 1. The number of hydrogen-bond acceptors (Lipinski definition) is 5. The van der Waals surface area contributed by atoms with E-state index in [1.54, 1.807) is 24.3 Å². The van der Waals surface area contributed by atoms with Crippen LogP contribution in [0.1, 0.15) is 70.8 Å². The van der Waals surface area contributed by atoms with E-state index in [1.165, 1.54) is 28.6 Å². The smallest absolute Gasteiger partial charge is 0.366 e. The Morgan fingerprint density at radius 3 is 2.33 bits per heavy atom. The fourth-order valence-corrected chi connectivity index (χ4v) is 9.18. The van der Waals surface area contributed by atoms with E-state index in [9.17, 15) is 30.8 Å². The second-order valence-electron chi connectivity index (χ2n) is 13.4. The highest BCUT2D eigenvalue weighted by Gasteiger charge is 2.75. The predicted octanol–water partition coefficient (Wildman–Crippen LogP) is 6.82. The first-order valence-electron chi connectivity index (χ1n) is 14.5. The van der Waals surface area contributed by atoms with E-state index in [1.807, 2.05) is 13.8 Å². The molecular formula is C31H34ClF4N3O3S. The number of carbonyl (C=O) groups excluding carboxylic acids is 1. The third-order valence-corrected chi connectivity index (χ3v) is 12.2. The molecule has 1 aliphatic heterocycles. The molecule has 1 N–H and O–H groups in total. The lowest BCUT2D eigenvalue weighted by molar-refractivity contribution is -0.189. The van der Waals surface area contributed by atoms with Crippen molar-refractivity contribution in [2.45, 2.75) is 100.0 Å². The van der Waals surface area contributed by atoms with Crippen LogP contribution in [0.25, 0.3) is 0 Å². The van der Waals surface area contributed by atoms with Crippen molar-refractivity contribution in [2.75, 3.05) is 0 Å². The minimum Gasteiger partial charge on any atom is -0.366 e. The average molecular weight is 640 g/mol. The average Bonchev–Trinajstić information content (AvgIpc) is 3.62. The molecule has 6 nitrogen and oxygen atoms in total. The number of halogens is 5. The van der Waals surface area contributed by atoms with Gasteiger partial charge in [0, 0.05) is 23.9 Å². The lowest BCUT2D eigenvalue weighted by atomic mass is 9.38. The van der Waals surface area contributed by atoms with Gasteiger partial charge in [-0.2, -0.15) is 17.5 Å². The van der Waals surface area contributed by atoms with Crippen LogP contribution < -0.4 is 5.32 Å². The quantitative estimate of drug-likeness (QED) is 0.274. The van der Waals surface area contributed by atoms with Crippen LogP contribution in [0.15, 0.2) is 58.4 Å². The third-order valence-electron chi connectivity index (χ3n) is 9.90. The molecular weight excluding hydrogens is 606 g/mol. The molecule has 0 unspecified atom stereocenters. The molecule has 232 valence electrons. The zero-order chi connectivity index (χ0) is 31.1. The summed E-state index contributed by atoms with van der Waals surface area (Å²) in [7, 11) is -3.94. The molecule has 0 radical (unpaired) electrons. The Hall–Kier alpha value is -2.50. The third kappa shape index (κ3) is 5.09. The molecule has 7 rings (SSSR count). The summed E-state index contributed by atoms with van der Waals surface area (Å²) in [5.74, 6) is -0.162. The number of ketones is 1. The first kappa shape index (κ1) is 30.5. The molecule has 4 fully saturated rings. The normalized spacial score (nSPS) is 28.5. The van der Waals surface area contributed by atoms with E-state index < -0.39 is 50.0 Å². The van der Waals surface area contributed by atoms with Crippen LogP contribution >= 0.6 is 11.6 Å². The lowest BCUT2D eigenvalue weighted by Gasteiger charge is -2.73. The van der Waals surface area contributed by atoms with Crippen LogP contribution in [0.5, 0.6) is 0 Å². The molecule has 12 heteroatoms. The molecule has 2 aromatic carbocycles. The van der Waals surface area contributed by atoms with Gasteiger partial charge in [0.1, 0.15) is 17.7 Å². The summed E-state index contributed by atoms with van der Waals surface area (Å²) in [6.07, 6.45) is -2.38. The lowest BCUT2D eigenvalue weighted by Crippen LogP contribution is -2.78. The number of benzene rings is 2. The number of alkyl halides is 3. The molecule has 2 aromatic rings. The van der Waals surface area contributed by atoms with E-state index in [4.69, 9.17) is 16.6 Å². The first-order chi connectivity index (χ1) is 20.0. The summed E-state index contributed by atoms with van der Waals surface area (Å²) in [5, 5.41) is 3.35. The topological polar surface area (TPSA) is 78.8 Å². The summed E-state index contributed by atoms with van der Waals surface area (Å²) in [6, 6.07) is 11.7. The number of sulfonamides is 1. The van der Waals surface area contributed by atoms with Gasteiger partial charge in [-0.05, 0) is 88.6 Å². The van der Waals surface area contributed by atoms with Crippen molar-refractivity contribution in [3.63, 3.8) is 0 Å². The molecule has 4 aliphatic carbocycles. The highest BCUT2D eigenvalue weighted by molar-refractivity contribution is 7.89. The highest BCUT2D eigenvalue weighted by atomic mass is 35.5. The Kier molecular flexibility index (Phi) is 7.10. The highest BCUT2D eigenvalue weighted by Crippen LogP contribution is 2.71. The summed E-state index contributed by atoms with van der Waals surface area (Å²) >= 11 is 5.86. The van der Waals surface area contributed by atoms with Gasteiger partial charge in [0.15, 0.2) is 5.78 Å². The standard InChI is InChI=1S/C31H34ClF4N3O3S/c1-27(2)25(24(40)9-6-12-29(13-14-29)31(34,35)36)37-26(38-27)28-17-30(18-28,19-28)39(16-20-10-11-22(32)23(33)15-20)43(41,42)21-7-4-3-5-8-21/h3-5,7-8,10-11,15,25H,6,9,12-14,16-19H2,1-2H3,(H,37,38)/t25-,28?,30?/m0/s1. The maximum Gasteiger partial charge on any atom is 0.394 e. The van der Waals surface area contributed by atoms with E-state index in [0.29, 0.717) is 30.7 Å². The van der Waals surface area contributed by atoms with Crippen molar-refractivity contribution >= 4 is 33.2 Å². The number of Topliss-reactive ketones (excluding diaryl/α,β-unsaturated/α-hetero) is 1. The fraction of sp³-hybridized carbons (Fsp3) is 0.548. The number of aliphatic imine (C=N–C) groups is 1. The van der Waals surface area contributed by atoms with Crippen molar-refractivity contribution in [1.82, 2.24) is 9.62 Å². The molecule has 0 amide bonds. The van der Waals surface area contributed by atoms with Crippen molar-refractivity contribution in [2.24, 2.45) is 15.8 Å². The van der Waals surface area contributed by atoms with Gasteiger partial charge in [0.2, 0.25) is 10.0 Å². The molecule has 0 aromatic heterocycles. The van der Waals surface area contributed by atoms with Crippen molar-refractivity contribution < 1.29 is 30.8 Å². The Morgan fingerprint density at radius 2 is 1.74 bits per heavy atom. The van der Waals surface area contributed by atoms with Crippen LogP contribution in [0.2, 0.25) is 5.02 Å². The van der Waals surface area contributed by atoms with Gasteiger partial charge in [0.25, 0.3) is 0 Å². The second-order valence-corrected chi connectivity index (χ2v) is 15.7. The van der Waals surface area contributed by atoms with Crippen LogP contribution in [0.3, 0.4) is 0 Å². The Labute approximate surface area is 253 Å². The van der Waals surface area contributed by atoms with E-state index >= 15 is 0 Å². The van der Waals surface area contributed by atoms with Gasteiger partial charge in [-0.1, -0.05) is 35.9 Å². The summed E-state index contributed by atoms with van der Waals surface area (Å²) in [4.78, 5) is 18.1. The fourth-order valence-electron chi connectivity index (χ4n) is 7.29. The van der Waals surface area contributed by atoms with Crippen LogP contribution in [-0.2, 0) is 21.4 Å². The monoisotopic (exact) mass is 639 g/mol. The minimum atomic E-state index is -4.24. The summed E-state index contributed by atoms with van der Waals surface area (Å²) in [6.45, 7) is 3.67. The molecule has 0 spiro atoms. The van der Waals surface area contributed by atoms with Crippen LogP contribution in [-0.4, -0.2) is 47.6 Å². The number of carbonyl (C=O) groups is 1. The molecule has 4 saturated carbocycles. The largest absolute Gasteiger partial charge is 0.394 e. The SMILES string of the molecule is CC1(C)NC(C23CC(N(Cc4ccc(Cl)c(F)c4)S(=O)(=O)c4ccccc4)(C2)C3)=N[C@H]1C(=O)CCCC1(C(F)(F)F)CC1. The number of amidine groups is 1. The molecule has 0 saturated heterocycles. The first-order valence-corrected chi connectivity index (χ1v) is 16.3. The van der Waals surface area contributed by atoms with Gasteiger partial charge in [-0.15, -0.1) is 0 Å². The van der Waals surface area contributed by atoms with Gasteiger partial charge < -0.3 is 5.32 Å². The molecule has 5 aliphatic rings. The van der Waals surface area contributed by atoms with Crippen molar-refractivity contribution in [3.8, 4) is 0 Å². The molecule has 2 bridgehead atoms. The van der Waals surface area contributed by atoms with E-state index in [2.05, 4.69) is 5.32 Å². The molecule has 1 heterocycles. The van der Waals surface area contributed by atoms with Gasteiger partial charge in [-0.3, -0.25) is 9.79 Å². The predicted molar refractivity (Wildman–Crippen MR) is 155 cm³/mol. The Morgan fingerprint density at radius 1 is 1.09 bits per heavy atom. The zero-order valence-corrected chi connectivity index (χ0v) is 25.5. The zero-order valence-electron chi connectivity index (χ0n) is 24.0. The Balaban J connectivity index is 1.18. The van der Waals surface area contributed by atoms with Crippen molar-refractivity contribution in [1.29, 1.82) is 0 Å². The molecule has 1 atom stereocenters. The summed E-state index contributed by atoms with van der Waals surface area (Å²) in [5.41, 5.74) is -2.99. The van der Waals surface area contributed by atoms with Gasteiger partial charge in [-0.25, -0.2) is 12.8 Å². The van der Waals surface area contributed by atoms with Gasteiger partial charge in [0.05, 0.1) is 20.9 Å². The maximum absolute atomic E-state index is 14.3. The minimum absolute atomic E-state index is 0.0298.